The Morgan fingerprint density at radius 1 is 1.18 bits per heavy atom. The fourth-order valence-electron chi connectivity index (χ4n) is 4.33. The quantitative estimate of drug-likeness (QED) is 0.289. The molecule has 200 valence electrons. The first-order chi connectivity index (χ1) is 18.3. The second-order valence-corrected chi connectivity index (χ2v) is 10.5. The molecule has 0 aliphatic carbocycles. The van der Waals surface area contributed by atoms with Crippen LogP contribution >= 0.6 is 34.5 Å². The van der Waals surface area contributed by atoms with Crippen molar-refractivity contribution in [2.45, 2.75) is 25.3 Å². The number of esters is 1. The van der Waals surface area contributed by atoms with E-state index in [4.69, 9.17) is 32.7 Å². The van der Waals surface area contributed by atoms with Crippen molar-refractivity contribution in [2.24, 2.45) is 5.92 Å². The number of carbonyl (C=O) groups is 3. The fraction of sp³-hybridized carbons (Fsp3) is 0.333. The number of halogens is 2. The number of piperidine rings is 1. The Labute approximate surface area is 234 Å². The van der Waals surface area contributed by atoms with E-state index in [1.807, 2.05) is 17.5 Å². The minimum Gasteiger partial charge on any atom is -0.481 e. The molecule has 38 heavy (non-hydrogen) atoms. The van der Waals surface area contributed by atoms with Gasteiger partial charge in [0.25, 0.3) is 0 Å². The van der Waals surface area contributed by atoms with Crippen LogP contribution in [0, 0.1) is 5.92 Å². The molecule has 0 radical (unpaired) electrons. The number of nitrogens with zero attached hydrogens (tertiary/aromatic N) is 2. The number of thiophene rings is 1. The average molecular weight is 577 g/mol. The molecule has 0 saturated carbocycles. The smallest absolute Gasteiger partial charge is 0.307 e. The molecule has 8 nitrogen and oxygen atoms in total. The van der Waals surface area contributed by atoms with Crippen LogP contribution in [0.2, 0.25) is 10.0 Å². The summed E-state index contributed by atoms with van der Waals surface area (Å²) in [4.78, 5) is 43.7. The molecule has 0 bridgehead atoms. The van der Waals surface area contributed by atoms with Crippen molar-refractivity contribution in [1.82, 2.24) is 15.2 Å². The minimum atomic E-state index is -0.590. The Hall–Kier alpha value is -3.14. The zero-order valence-corrected chi connectivity index (χ0v) is 23.2. The van der Waals surface area contributed by atoms with Gasteiger partial charge in [0.1, 0.15) is 0 Å². The number of pyridine rings is 1. The fourth-order valence-corrected chi connectivity index (χ4v) is 5.77. The monoisotopic (exact) mass is 575 g/mol. The molecule has 4 rings (SSSR count). The summed E-state index contributed by atoms with van der Waals surface area (Å²) in [5.74, 6) is -0.640. The topological polar surface area (TPSA) is 97.8 Å². The van der Waals surface area contributed by atoms with Gasteiger partial charge >= 0.3 is 5.97 Å². The van der Waals surface area contributed by atoms with E-state index in [1.54, 1.807) is 29.3 Å². The van der Waals surface area contributed by atoms with Crippen LogP contribution in [0.3, 0.4) is 0 Å². The number of methoxy groups -OCH3 is 2. The third-order valence-electron chi connectivity index (χ3n) is 6.52. The van der Waals surface area contributed by atoms with Crippen LogP contribution in [0.25, 0.3) is 16.2 Å². The van der Waals surface area contributed by atoms with Gasteiger partial charge in [0.15, 0.2) is 0 Å². The zero-order chi connectivity index (χ0) is 27.2. The highest BCUT2D eigenvalue weighted by atomic mass is 35.5. The Morgan fingerprint density at radius 3 is 2.61 bits per heavy atom. The first-order valence-corrected chi connectivity index (χ1v) is 13.6. The van der Waals surface area contributed by atoms with Gasteiger partial charge in [-0.25, -0.2) is 4.98 Å². The summed E-state index contributed by atoms with van der Waals surface area (Å²) < 4.78 is 10.8. The summed E-state index contributed by atoms with van der Waals surface area (Å²) in [5.41, 5.74) is 1.34. The van der Waals surface area contributed by atoms with Crippen LogP contribution in [0.5, 0.6) is 5.88 Å². The molecular weight excluding hydrogens is 549 g/mol. The molecular formula is C27H27Cl2N3O5S. The van der Waals surface area contributed by atoms with Gasteiger partial charge in [0.2, 0.25) is 17.7 Å². The van der Waals surface area contributed by atoms with Crippen molar-refractivity contribution in [1.29, 1.82) is 0 Å². The lowest BCUT2D eigenvalue weighted by atomic mass is 9.94. The van der Waals surface area contributed by atoms with Crippen molar-refractivity contribution in [3.8, 4) is 5.88 Å². The SMILES string of the molecule is COC(=O)CC(NC(=O)C1CCN(C(=O)C=Cc2cc3ccsc3c(Cl)c2Cl)CC1)c1ccc(OC)nc1. The van der Waals surface area contributed by atoms with E-state index in [-0.39, 0.29) is 24.2 Å². The Kier molecular flexibility index (Phi) is 9.25. The number of carbonyl (C=O) groups excluding carboxylic acids is 3. The van der Waals surface area contributed by atoms with Gasteiger partial charge in [-0.1, -0.05) is 29.3 Å². The Morgan fingerprint density at radius 2 is 1.95 bits per heavy atom. The average Bonchev–Trinajstić information content (AvgIpc) is 3.42. The summed E-state index contributed by atoms with van der Waals surface area (Å²) >= 11 is 14.3. The Bertz CT molecular complexity index is 1350. The second kappa shape index (κ2) is 12.6. The van der Waals surface area contributed by atoms with E-state index in [2.05, 4.69) is 10.3 Å². The lowest BCUT2D eigenvalue weighted by Crippen LogP contribution is -2.43. The van der Waals surface area contributed by atoms with Gasteiger partial charge in [-0.3, -0.25) is 14.4 Å². The molecule has 1 fully saturated rings. The number of aromatic nitrogens is 1. The predicted octanol–water partition coefficient (Wildman–Crippen LogP) is 5.28. The van der Waals surface area contributed by atoms with Crippen molar-refractivity contribution < 1.29 is 23.9 Å². The summed E-state index contributed by atoms with van der Waals surface area (Å²) in [6, 6.07) is 6.70. The molecule has 1 atom stereocenters. The van der Waals surface area contributed by atoms with Gasteiger partial charge < -0.3 is 19.7 Å². The van der Waals surface area contributed by atoms with Gasteiger partial charge in [-0.2, -0.15) is 0 Å². The summed E-state index contributed by atoms with van der Waals surface area (Å²) in [6.07, 6.45) is 5.71. The summed E-state index contributed by atoms with van der Waals surface area (Å²) in [6.45, 7) is 0.871. The zero-order valence-electron chi connectivity index (χ0n) is 20.9. The van der Waals surface area contributed by atoms with Crippen molar-refractivity contribution in [3.05, 3.63) is 63.1 Å². The summed E-state index contributed by atoms with van der Waals surface area (Å²) in [5, 5.41) is 6.76. The standard InChI is InChI=1S/C27H27Cl2N3O5S/c1-36-21-5-3-19(15-30-21)20(14-23(34)37-2)31-27(35)16-7-10-32(11-8-16)22(33)6-4-17-13-18-9-12-38-26(18)25(29)24(17)28/h3-6,9,12-13,15-16,20H,7-8,10-11,14H2,1-2H3,(H,31,35). The van der Waals surface area contributed by atoms with E-state index in [0.29, 0.717) is 53.0 Å². The van der Waals surface area contributed by atoms with Gasteiger partial charge in [-0.05, 0) is 52.9 Å². The second-order valence-electron chi connectivity index (χ2n) is 8.84. The molecule has 3 aromatic rings. The van der Waals surface area contributed by atoms with Crippen LogP contribution in [0.1, 0.15) is 36.4 Å². The number of amides is 2. The highest BCUT2D eigenvalue weighted by Crippen LogP contribution is 2.37. The minimum absolute atomic E-state index is 0.0257. The van der Waals surface area contributed by atoms with E-state index in [1.165, 1.54) is 31.6 Å². The molecule has 1 aromatic carbocycles. The van der Waals surface area contributed by atoms with Crippen LogP contribution in [-0.4, -0.2) is 55.0 Å². The van der Waals surface area contributed by atoms with Crippen LogP contribution < -0.4 is 10.1 Å². The maximum absolute atomic E-state index is 13.1. The maximum Gasteiger partial charge on any atom is 0.307 e. The molecule has 1 aliphatic rings. The van der Waals surface area contributed by atoms with Crippen molar-refractivity contribution >= 4 is 68.5 Å². The molecule has 0 spiro atoms. The molecule has 3 heterocycles. The number of nitrogens with one attached hydrogen (secondary N) is 1. The van der Waals surface area contributed by atoms with Crippen LogP contribution in [0.4, 0.5) is 0 Å². The van der Waals surface area contributed by atoms with E-state index in [0.717, 1.165) is 10.1 Å². The number of likely N-dealkylation sites (tertiary alicyclic amines) is 1. The molecule has 1 saturated heterocycles. The normalized spacial score (nSPS) is 15.0. The summed E-state index contributed by atoms with van der Waals surface area (Å²) in [7, 11) is 2.81. The van der Waals surface area contributed by atoms with Gasteiger partial charge in [0.05, 0.1) is 41.4 Å². The predicted molar refractivity (Wildman–Crippen MR) is 148 cm³/mol. The molecule has 2 aromatic heterocycles. The first kappa shape index (κ1) is 27.9. The van der Waals surface area contributed by atoms with Gasteiger partial charge in [0, 0.05) is 37.3 Å². The number of fused-ring (bicyclic) bond motifs is 1. The molecule has 11 heteroatoms. The number of hydrogen-bond acceptors (Lipinski definition) is 7. The highest BCUT2D eigenvalue weighted by Gasteiger charge is 2.29. The van der Waals surface area contributed by atoms with Crippen molar-refractivity contribution in [2.75, 3.05) is 27.3 Å². The van der Waals surface area contributed by atoms with E-state index < -0.39 is 12.0 Å². The number of hydrogen-bond donors (Lipinski definition) is 1. The molecule has 1 unspecified atom stereocenters. The van der Waals surface area contributed by atoms with Gasteiger partial charge in [-0.15, -0.1) is 11.3 Å². The molecule has 1 aliphatic heterocycles. The number of benzene rings is 1. The lowest BCUT2D eigenvalue weighted by Gasteiger charge is -2.31. The number of ether oxygens (including phenoxy) is 2. The molecule has 2 amide bonds. The highest BCUT2D eigenvalue weighted by molar-refractivity contribution is 7.18. The maximum atomic E-state index is 13.1. The van der Waals surface area contributed by atoms with E-state index in [9.17, 15) is 14.4 Å². The van der Waals surface area contributed by atoms with Crippen LogP contribution in [-0.2, 0) is 19.1 Å². The number of rotatable bonds is 8. The first-order valence-electron chi connectivity index (χ1n) is 12.0. The van der Waals surface area contributed by atoms with E-state index >= 15 is 0 Å². The van der Waals surface area contributed by atoms with Crippen molar-refractivity contribution in [3.63, 3.8) is 0 Å². The third-order valence-corrected chi connectivity index (χ3v) is 8.46. The van der Waals surface area contributed by atoms with Crippen LogP contribution in [0.15, 0.2) is 41.9 Å². The molecule has 1 N–H and O–H groups in total. The lowest BCUT2D eigenvalue weighted by molar-refractivity contribution is -0.141. The Balaban J connectivity index is 1.35. The third kappa shape index (κ3) is 6.46. The largest absolute Gasteiger partial charge is 0.481 e.